The topological polar surface area (TPSA) is 46.3 Å². The number of carbonyl (C=O) groups is 1. The first-order valence-electron chi connectivity index (χ1n) is 5.60. The Hall–Kier alpha value is -0.570. The second-order valence-corrected chi connectivity index (χ2v) is 4.59. The van der Waals surface area contributed by atoms with Crippen molar-refractivity contribution in [3.8, 4) is 0 Å². The molecule has 82 valence electrons. The van der Waals surface area contributed by atoms with Gasteiger partial charge in [-0.3, -0.25) is 4.79 Å². The van der Waals surface area contributed by atoms with Crippen LogP contribution in [0.5, 0.6) is 0 Å². The predicted molar refractivity (Wildman–Crippen MR) is 57.8 cm³/mol. The fourth-order valence-electron chi connectivity index (χ4n) is 1.98. The maximum atomic E-state index is 11.8. The lowest BCUT2D eigenvalue weighted by molar-refractivity contribution is -0.131. The minimum atomic E-state index is -0.280. The number of nitrogens with two attached hydrogens (primary N) is 1. The summed E-state index contributed by atoms with van der Waals surface area (Å²) in [5.41, 5.74) is 5.81. The van der Waals surface area contributed by atoms with Crippen LogP contribution in [0.15, 0.2) is 0 Å². The number of nitrogens with zero attached hydrogens (tertiary/aromatic N) is 1. The molecule has 2 N–H and O–H groups in total. The summed E-state index contributed by atoms with van der Waals surface area (Å²) in [6, 6.07) is -0.280. The minimum Gasteiger partial charge on any atom is -0.341 e. The molecule has 0 radical (unpaired) electrons. The van der Waals surface area contributed by atoms with Gasteiger partial charge in [0.25, 0.3) is 0 Å². The lowest BCUT2D eigenvalue weighted by Crippen LogP contribution is -2.42. The van der Waals surface area contributed by atoms with E-state index in [2.05, 4.69) is 20.8 Å². The molecule has 0 spiro atoms. The molecule has 1 aliphatic heterocycles. The third-order valence-corrected chi connectivity index (χ3v) is 3.22. The Bertz CT molecular complexity index is 195. The van der Waals surface area contributed by atoms with E-state index in [1.807, 2.05) is 4.90 Å². The zero-order valence-corrected chi connectivity index (χ0v) is 9.49. The van der Waals surface area contributed by atoms with Crippen molar-refractivity contribution in [3.63, 3.8) is 0 Å². The molecule has 0 aromatic heterocycles. The van der Waals surface area contributed by atoms with Crippen molar-refractivity contribution in [1.82, 2.24) is 4.90 Å². The van der Waals surface area contributed by atoms with E-state index in [0.717, 1.165) is 25.9 Å². The van der Waals surface area contributed by atoms with Crippen molar-refractivity contribution in [2.75, 3.05) is 13.1 Å². The molecule has 3 nitrogen and oxygen atoms in total. The molecule has 0 saturated carbocycles. The number of hydrogen-bond acceptors (Lipinski definition) is 2. The number of carbonyl (C=O) groups excluding carboxylic acids is 1. The Morgan fingerprint density at radius 2 is 1.93 bits per heavy atom. The van der Waals surface area contributed by atoms with Crippen molar-refractivity contribution >= 4 is 5.91 Å². The Labute approximate surface area is 86.6 Å². The van der Waals surface area contributed by atoms with Gasteiger partial charge in [-0.05, 0) is 18.3 Å². The lowest BCUT2D eigenvalue weighted by atomic mass is 10.0. The molecule has 1 rings (SSSR count). The fraction of sp³-hybridized carbons (Fsp3) is 0.909. The second kappa shape index (κ2) is 4.78. The van der Waals surface area contributed by atoms with Crippen molar-refractivity contribution < 1.29 is 4.79 Å². The van der Waals surface area contributed by atoms with Crippen LogP contribution in [0, 0.1) is 11.8 Å². The Kier molecular flexibility index (Phi) is 3.93. The number of hydrogen-bond donors (Lipinski definition) is 1. The van der Waals surface area contributed by atoms with Gasteiger partial charge < -0.3 is 10.6 Å². The molecule has 0 aromatic carbocycles. The van der Waals surface area contributed by atoms with Gasteiger partial charge in [0.1, 0.15) is 0 Å². The zero-order valence-electron chi connectivity index (χ0n) is 9.49. The Morgan fingerprint density at radius 1 is 1.43 bits per heavy atom. The third-order valence-electron chi connectivity index (χ3n) is 3.22. The normalized spacial score (nSPS) is 29.3. The molecule has 3 heteroatoms. The second-order valence-electron chi connectivity index (χ2n) is 4.59. The predicted octanol–water partition coefficient (Wildman–Crippen LogP) is 1.23. The first kappa shape index (κ1) is 11.5. The smallest absolute Gasteiger partial charge is 0.239 e. The van der Waals surface area contributed by atoms with Gasteiger partial charge in [-0.25, -0.2) is 0 Å². The van der Waals surface area contributed by atoms with Crippen LogP contribution in [-0.2, 0) is 4.79 Å². The quantitative estimate of drug-likeness (QED) is 0.741. The largest absolute Gasteiger partial charge is 0.341 e. The van der Waals surface area contributed by atoms with Gasteiger partial charge >= 0.3 is 0 Å². The molecule has 14 heavy (non-hydrogen) atoms. The van der Waals surface area contributed by atoms with E-state index in [0.29, 0.717) is 11.8 Å². The lowest BCUT2D eigenvalue weighted by Gasteiger charge is -2.20. The highest BCUT2D eigenvalue weighted by atomic mass is 16.2. The molecule has 0 bridgehead atoms. The van der Waals surface area contributed by atoms with E-state index in [4.69, 9.17) is 5.73 Å². The summed E-state index contributed by atoms with van der Waals surface area (Å²) < 4.78 is 0. The Balaban J connectivity index is 2.46. The molecular formula is C11H22N2O. The molecule has 0 aliphatic carbocycles. The summed E-state index contributed by atoms with van der Waals surface area (Å²) in [4.78, 5) is 13.8. The molecule has 1 amide bonds. The first-order chi connectivity index (χ1) is 6.56. The zero-order chi connectivity index (χ0) is 10.7. The highest BCUT2D eigenvalue weighted by molar-refractivity contribution is 5.81. The van der Waals surface area contributed by atoms with E-state index in [1.165, 1.54) is 0 Å². The summed E-state index contributed by atoms with van der Waals surface area (Å²) in [5, 5.41) is 0. The van der Waals surface area contributed by atoms with Gasteiger partial charge in [0.15, 0.2) is 0 Å². The highest BCUT2D eigenvalue weighted by Crippen LogP contribution is 2.22. The summed E-state index contributed by atoms with van der Waals surface area (Å²) in [5.74, 6) is 1.38. The maximum absolute atomic E-state index is 11.8. The molecule has 2 unspecified atom stereocenters. The summed E-state index contributed by atoms with van der Waals surface area (Å²) in [6.45, 7) is 8.23. The van der Waals surface area contributed by atoms with Gasteiger partial charge in [0.2, 0.25) is 5.91 Å². The number of rotatable bonds is 3. The molecular weight excluding hydrogens is 176 g/mol. The Morgan fingerprint density at radius 3 is 2.36 bits per heavy atom. The molecule has 1 aliphatic rings. The van der Waals surface area contributed by atoms with Crippen LogP contribution in [0.2, 0.25) is 0 Å². The van der Waals surface area contributed by atoms with Crippen LogP contribution in [-0.4, -0.2) is 29.9 Å². The highest BCUT2D eigenvalue weighted by Gasteiger charge is 2.31. The molecule has 3 atom stereocenters. The average Bonchev–Trinajstić information content (AvgIpc) is 2.46. The van der Waals surface area contributed by atoms with Crippen LogP contribution in [0.3, 0.4) is 0 Å². The maximum Gasteiger partial charge on any atom is 0.239 e. The van der Waals surface area contributed by atoms with Crippen LogP contribution in [0.4, 0.5) is 0 Å². The molecule has 1 fully saturated rings. The van der Waals surface area contributed by atoms with Crippen molar-refractivity contribution in [2.45, 2.75) is 39.7 Å². The standard InChI is InChI=1S/C11H22N2O/c1-4-5-10(12)11(14)13-6-8(2)9(3)7-13/h8-10H,4-7,12H2,1-3H3/t8?,9?,10-/m0/s1. The van der Waals surface area contributed by atoms with E-state index in [-0.39, 0.29) is 11.9 Å². The van der Waals surface area contributed by atoms with Crippen LogP contribution in [0.1, 0.15) is 33.6 Å². The van der Waals surface area contributed by atoms with Crippen molar-refractivity contribution in [3.05, 3.63) is 0 Å². The molecule has 1 saturated heterocycles. The van der Waals surface area contributed by atoms with Crippen molar-refractivity contribution in [2.24, 2.45) is 17.6 Å². The number of likely N-dealkylation sites (tertiary alicyclic amines) is 1. The van der Waals surface area contributed by atoms with Crippen molar-refractivity contribution in [1.29, 1.82) is 0 Å². The minimum absolute atomic E-state index is 0.142. The fourth-order valence-corrected chi connectivity index (χ4v) is 1.98. The van der Waals surface area contributed by atoms with Gasteiger partial charge in [-0.2, -0.15) is 0 Å². The van der Waals surface area contributed by atoms with E-state index < -0.39 is 0 Å². The first-order valence-corrected chi connectivity index (χ1v) is 5.60. The monoisotopic (exact) mass is 198 g/mol. The summed E-state index contributed by atoms with van der Waals surface area (Å²) in [7, 11) is 0. The SMILES string of the molecule is CCC[C@H](N)C(=O)N1CC(C)C(C)C1. The summed E-state index contributed by atoms with van der Waals surface area (Å²) in [6.07, 6.45) is 1.78. The van der Waals surface area contributed by atoms with E-state index >= 15 is 0 Å². The van der Waals surface area contributed by atoms with E-state index in [1.54, 1.807) is 0 Å². The number of amides is 1. The van der Waals surface area contributed by atoms with Crippen LogP contribution < -0.4 is 5.73 Å². The third kappa shape index (κ3) is 2.47. The van der Waals surface area contributed by atoms with Gasteiger partial charge in [-0.15, -0.1) is 0 Å². The van der Waals surface area contributed by atoms with Gasteiger partial charge in [-0.1, -0.05) is 27.2 Å². The van der Waals surface area contributed by atoms with Gasteiger partial charge in [0.05, 0.1) is 6.04 Å². The van der Waals surface area contributed by atoms with Crippen LogP contribution in [0.25, 0.3) is 0 Å². The summed E-state index contributed by atoms with van der Waals surface area (Å²) >= 11 is 0. The van der Waals surface area contributed by atoms with Gasteiger partial charge in [0, 0.05) is 13.1 Å². The molecule has 0 aromatic rings. The average molecular weight is 198 g/mol. The van der Waals surface area contributed by atoms with E-state index in [9.17, 15) is 4.79 Å². The molecule has 1 heterocycles. The van der Waals surface area contributed by atoms with Crippen LogP contribution >= 0.6 is 0 Å².